The number of amides is 3. The van der Waals surface area contributed by atoms with E-state index in [0.29, 0.717) is 30.8 Å². The van der Waals surface area contributed by atoms with E-state index >= 15 is 0 Å². The molecule has 2 rings (SSSR count). The molecule has 1 heterocycles. The molecule has 3 amide bonds. The number of carbonyl (C=O) groups is 3. The summed E-state index contributed by atoms with van der Waals surface area (Å²) in [4.78, 5) is 39.8. The summed E-state index contributed by atoms with van der Waals surface area (Å²) in [6.45, 7) is 3.33. The molecule has 0 aliphatic heterocycles. The van der Waals surface area contributed by atoms with Crippen molar-refractivity contribution in [3.8, 4) is 0 Å². The van der Waals surface area contributed by atoms with E-state index in [1.807, 2.05) is 19.1 Å². The number of anilines is 1. The van der Waals surface area contributed by atoms with Crippen LogP contribution < -0.4 is 21.5 Å². The SMILES string of the molecule is CCCNNC(=O)c1ccc(NC(=O)CCCCCCNC(=O)/C=C/c2cccnc2)cc1. The molecule has 0 unspecified atom stereocenters. The number of rotatable bonds is 14. The second-order valence-corrected chi connectivity index (χ2v) is 7.58. The second kappa shape index (κ2) is 15.3. The fourth-order valence-corrected chi connectivity index (χ4v) is 2.95. The third-order valence-corrected chi connectivity index (χ3v) is 4.75. The molecule has 0 saturated carbocycles. The van der Waals surface area contributed by atoms with Crippen molar-refractivity contribution in [3.05, 3.63) is 66.0 Å². The summed E-state index contributed by atoms with van der Waals surface area (Å²) in [5.41, 5.74) is 7.54. The van der Waals surface area contributed by atoms with Crippen LogP contribution in [0.4, 0.5) is 5.69 Å². The summed E-state index contributed by atoms with van der Waals surface area (Å²) in [7, 11) is 0. The van der Waals surface area contributed by atoms with Gasteiger partial charge in [-0.05, 0) is 61.2 Å². The minimum Gasteiger partial charge on any atom is -0.353 e. The summed E-state index contributed by atoms with van der Waals surface area (Å²) in [6.07, 6.45) is 11.5. The minimum absolute atomic E-state index is 0.0503. The number of unbranched alkanes of at least 4 members (excludes halogenated alkanes) is 3. The van der Waals surface area contributed by atoms with E-state index in [2.05, 4.69) is 26.5 Å². The monoisotopic (exact) mass is 451 g/mol. The van der Waals surface area contributed by atoms with Crippen molar-refractivity contribution in [1.29, 1.82) is 0 Å². The lowest BCUT2D eigenvalue weighted by atomic mass is 10.1. The Labute approximate surface area is 195 Å². The second-order valence-electron chi connectivity index (χ2n) is 7.58. The lowest BCUT2D eigenvalue weighted by molar-refractivity contribution is -0.117. The van der Waals surface area contributed by atoms with Crippen LogP contribution in [-0.4, -0.2) is 35.8 Å². The van der Waals surface area contributed by atoms with Crippen LogP contribution in [0.2, 0.25) is 0 Å². The maximum atomic E-state index is 12.1. The van der Waals surface area contributed by atoms with Gasteiger partial charge in [0.25, 0.3) is 5.91 Å². The lowest BCUT2D eigenvalue weighted by Gasteiger charge is -2.08. The Kier molecular flexibility index (Phi) is 11.9. The molecule has 1 aromatic heterocycles. The highest BCUT2D eigenvalue weighted by Crippen LogP contribution is 2.11. The molecule has 0 atom stereocenters. The van der Waals surface area contributed by atoms with Gasteiger partial charge in [-0.1, -0.05) is 25.8 Å². The van der Waals surface area contributed by atoms with Crippen molar-refractivity contribution in [2.75, 3.05) is 18.4 Å². The summed E-state index contributed by atoms with van der Waals surface area (Å²) >= 11 is 0. The van der Waals surface area contributed by atoms with Crippen LogP contribution >= 0.6 is 0 Å². The van der Waals surface area contributed by atoms with Gasteiger partial charge in [-0.2, -0.15) is 0 Å². The molecule has 4 N–H and O–H groups in total. The van der Waals surface area contributed by atoms with Crippen LogP contribution in [0.1, 0.15) is 61.4 Å². The normalized spacial score (nSPS) is 10.7. The first-order chi connectivity index (χ1) is 16.1. The molecule has 0 fully saturated rings. The Morgan fingerprint density at radius 3 is 2.48 bits per heavy atom. The van der Waals surface area contributed by atoms with Crippen molar-refractivity contribution in [2.45, 2.75) is 45.4 Å². The minimum atomic E-state index is -0.206. The topological polar surface area (TPSA) is 112 Å². The standard InChI is InChI=1S/C25H33N5O3/c1-2-16-28-30-25(33)21-11-13-22(14-12-21)29-24(32)9-5-3-4-6-18-27-23(31)15-10-20-8-7-17-26-19-20/h7-8,10-15,17,19,28H,2-6,9,16,18H2,1H3,(H,27,31)(H,29,32)(H,30,33)/b15-10+. The molecule has 2 aromatic rings. The Morgan fingerprint density at radius 2 is 1.76 bits per heavy atom. The van der Waals surface area contributed by atoms with Gasteiger partial charge in [0, 0.05) is 49.2 Å². The van der Waals surface area contributed by atoms with E-state index in [4.69, 9.17) is 0 Å². The zero-order valence-electron chi connectivity index (χ0n) is 19.1. The van der Waals surface area contributed by atoms with Crippen LogP contribution in [0.25, 0.3) is 6.08 Å². The molecule has 0 saturated heterocycles. The molecule has 176 valence electrons. The van der Waals surface area contributed by atoms with Crippen molar-refractivity contribution in [2.24, 2.45) is 0 Å². The summed E-state index contributed by atoms with van der Waals surface area (Å²) in [5.74, 6) is -0.383. The first-order valence-corrected chi connectivity index (χ1v) is 11.4. The van der Waals surface area contributed by atoms with Gasteiger partial charge in [0.15, 0.2) is 0 Å². The van der Waals surface area contributed by atoms with Gasteiger partial charge in [-0.3, -0.25) is 24.8 Å². The highest BCUT2D eigenvalue weighted by atomic mass is 16.2. The zero-order valence-corrected chi connectivity index (χ0v) is 19.1. The predicted octanol–water partition coefficient (Wildman–Crippen LogP) is 3.44. The quantitative estimate of drug-likeness (QED) is 0.200. The Morgan fingerprint density at radius 1 is 0.970 bits per heavy atom. The molecule has 0 aliphatic rings. The lowest BCUT2D eigenvalue weighted by Crippen LogP contribution is -2.37. The average Bonchev–Trinajstić information content (AvgIpc) is 2.83. The molecule has 8 nitrogen and oxygen atoms in total. The van der Waals surface area contributed by atoms with Crippen molar-refractivity contribution >= 4 is 29.5 Å². The largest absolute Gasteiger partial charge is 0.353 e. The number of hydrogen-bond acceptors (Lipinski definition) is 5. The van der Waals surface area contributed by atoms with E-state index in [-0.39, 0.29) is 17.7 Å². The molecule has 0 bridgehead atoms. The Hall–Kier alpha value is -3.52. The van der Waals surface area contributed by atoms with Gasteiger partial charge in [-0.25, -0.2) is 5.43 Å². The number of carbonyl (C=O) groups excluding carboxylic acids is 3. The van der Waals surface area contributed by atoms with E-state index in [0.717, 1.165) is 37.7 Å². The fraction of sp³-hybridized carbons (Fsp3) is 0.360. The van der Waals surface area contributed by atoms with E-state index in [1.165, 1.54) is 6.08 Å². The number of pyridine rings is 1. The summed E-state index contributed by atoms with van der Waals surface area (Å²) < 4.78 is 0. The van der Waals surface area contributed by atoms with Crippen molar-refractivity contribution in [3.63, 3.8) is 0 Å². The number of aromatic nitrogens is 1. The molecule has 0 aliphatic carbocycles. The van der Waals surface area contributed by atoms with Crippen LogP contribution in [0.5, 0.6) is 0 Å². The predicted molar refractivity (Wildman–Crippen MR) is 130 cm³/mol. The third kappa shape index (κ3) is 11.1. The van der Waals surface area contributed by atoms with Crippen LogP contribution in [0.15, 0.2) is 54.9 Å². The number of nitrogens with zero attached hydrogens (tertiary/aromatic N) is 1. The maximum absolute atomic E-state index is 12.1. The highest BCUT2D eigenvalue weighted by Gasteiger charge is 2.06. The molecule has 8 heteroatoms. The van der Waals surface area contributed by atoms with Gasteiger partial charge >= 0.3 is 0 Å². The van der Waals surface area contributed by atoms with Gasteiger partial charge in [0.2, 0.25) is 11.8 Å². The summed E-state index contributed by atoms with van der Waals surface area (Å²) in [5, 5.41) is 5.70. The number of benzene rings is 1. The van der Waals surface area contributed by atoms with Crippen LogP contribution in [0, 0.1) is 0 Å². The molecule has 33 heavy (non-hydrogen) atoms. The van der Waals surface area contributed by atoms with Gasteiger partial charge in [-0.15, -0.1) is 0 Å². The first kappa shape index (κ1) is 25.7. The number of nitrogens with one attached hydrogen (secondary N) is 4. The summed E-state index contributed by atoms with van der Waals surface area (Å²) in [6, 6.07) is 10.5. The van der Waals surface area contributed by atoms with Crippen molar-refractivity contribution in [1.82, 2.24) is 21.2 Å². The van der Waals surface area contributed by atoms with E-state index in [1.54, 1.807) is 42.7 Å². The van der Waals surface area contributed by atoms with Crippen LogP contribution in [-0.2, 0) is 9.59 Å². The smallest absolute Gasteiger partial charge is 0.265 e. The van der Waals surface area contributed by atoms with Crippen LogP contribution in [0.3, 0.4) is 0 Å². The first-order valence-electron chi connectivity index (χ1n) is 11.4. The van der Waals surface area contributed by atoms with Gasteiger partial charge in [0.1, 0.15) is 0 Å². The molecular weight excluding hydrogens is 418 g/mol. The highest BCUT2D eigenvalue weighted by molar-refractivity contribution is 5.95. The van der Waals surface area contributed by atoms with Gasteiger partial charge in [0.05, 0.1) is 0 Å². The molecule has 0 radical (unpaired) electrons. The molecule has 0 spiro atoms. The van der Waals surface area contributed by atoms with E-state index in [9.17, 15) is 14.4 Å². The average molecular weight is 452 g/mol. The molecule has 1 aromatic carbocycles. The Balaban J connectivity index is 1.53. The Bertz CT molecular complexity index is 898. The maximum Gasteiger partial charge on any atom is 0.265 e. The fourth-order valence-electron chi connectivity index (χ4n) is 2.95. The van der Waals surface area contributed by atoms with Crippen molar-refractivity contribution < 1.29 is 14.4 Å². The zero-order chi connectivity index (χ0) is 23.7. The van der Waals surface area contributed by atoms with E-state index < -0.39 is 0 Å². The number of hydrogen-bond donors (Lipinski definition) is 4. The number of hydrazine groups is 1. The third-order valence-electron chi connectivity index (χ3n) is 4.75. The van der Waals surface area contributed by atoms with Gasteiger partial charge < -0.3 is 10.6 Å². The molecular formula is C25H33N5O3.